The zero-order chi connectivity index (χ0) is 25.6. The fraction of sp³-hybridized carbons (Fsp3) is 0.833. The molecule has 2 saturated carbocycles. The lowest BCUT2D eigenvalue weighted by atomic mass is 9.33. The molecule has 4 heterocycles. The van der Waals surface area contributed by atoms with Crippen LogP contribution in [-0.2, 0) is 23.9 Å². The molecule has 2 unspecified atom stereocenters. The molecular weight excluding hydrogens is 454 g/mol. The normalized spacial score (nSPS) is 57.7. The number of nitrogens with zero attached hydrogens (tertiary/aromatic N) is 1. The molecule has 0 aromatic rings. The summed E-state index contributed by atoms with van der Waals surface area (Å²) in [5.74, 6) is -0.101. The minimum atomic E-state index is -0.817. The fourth-order valence-electron chi connectivity index (χ4n) is 11.3. The maximum absolute atomic E-state index is 14.4. The summed E-state index contributed by atoms with van der Waals surface area (Å²) < 4.78 is 13.4. The molecule has 1 spiro atoms. The molecule has 6 nitrogen and oxygen atoms in total. The molecule has 0 radical (unpaired) electrons. The van der Waals surface area contributed by atoms with Crippen molar-refractivity contribution in [1.29, 1.82) is 0 Å². The van der Waals surface area contributed by atoms with E-state index in [-0.39, 0.29) is 59.1 Å². The Hall–Kier alpha value is -1.53. The van der Waals surface area contributed by atoms with Crippen LogP contribution in [0.25, 0.3) is 0 Å². The molecule has 4 saturated heterocycles. The van der Waals surface area contributed by atoms with E-state index in [1.807, 2.05) is 6.92 Å². The van der Waals surface area contributed by atoms with Crippen LogP contribution in [0.15, 0.2) is 11.6 Å². The summed E-state index contributed by atoms with van der Waals surface area (Å²) in [6, 6.07) is 0. The lowest BCUT2D eigenvalue weighted by molar-refractivity contribution is -0.379. The van der Waals surface area contributed by atoms with Crippen molar-refractivity contribution < 1.29 is 23.9 Å². The van der Waals surface area contributed by atoms with Gasteiger partial charge in [-0.25, -0.2) is 4.90 Å². The van der Waals surface area contributed by atoms with Crippen molar-refractivity contribution >= 4 is 17.5 Å². The largest absolute Gasteiger partial charge is 0.443 e. The summed E-state index contributed by atoms with van der Waals surface area (Å²) in [5, 5.41) is 0. The van der Waals surface area contributed by atoms with E-state index in [4.69, 9.17) is 9.47 Å². The molecule has 6 fully saturated rings. The minimum absolute atomic E-state index is 0.0740. The van der Waals surface area contributed by atoms with Crippen LogP contribution in [0.4, 0.5) is 0 Å². The van der Waals surface area contributed by atoms with Crippen LogP contribution in [0, 0.1) is 45.8 Å². The number of Topliss-reactive ketones (excluding diaryl/α,β-unsaturated/α-hetero) is 1. The average molecular weight is 496 g/mol. The third-order valence-corrected chi connectivity index (χ3v) is 12.7. The van der Waals surface area contributed by atoms with Crippen LogP contribution < -0.4 is 0 Å². The molecule has 0 aromatic carbocycles. The monoisotopic (exact) mass is 495 g/mol. The van der Waals surface area contributed by atoms with Crippen LogP contribution in [-0.4, -0.2) is 46.5 Å². The van der Waals surface area contributed by atoms with Gasteiger partial charge >= 0.3 is 5.97 Å². The van der Waals surface area contributed by atoms with Gasteiger partial charge in [-0.15, -0.1) is 0 Å². The maximum atomic E-state index is 14.4. The van der Waals surface area contributed by atoms with Gasteiger partial charge in [-0.1, -0.05) is 40.2 Å². The van der Waals surface area contributed by atoms with E-state index in [0.29, 0.717) is 12.3 Å². The van der Waals surface area contributed by atoms with E-state index in [1.165, 1.54) is 0 Å². The predicted molar refractivity (Wildman–Crippen MR) is 132 cm³/mol. The summed E-state index contributed by atoms with van der Waals surface area (Å²) in [6.45, 7) is 13.9. The number of ether oxygens (including phenoxy) is 2. The molecule has 7 rings (SSSR count). The predicted octanol–water partition coefficient (Wildman–Crippen LogP) is 4.66. The van der Waals surface area contributed by atoms with Crippen molar-refractivity contribution in [3.8, 4) is 0 Å². The molecule has 36 heavy (non-hydrogen) atoms. The topological polar surface area (TPSA) is 72.9 Å². The van der Waals surface area contributed by atoms with Crippen molar-refractivity contribution in [2.75, 3.05) is 6.54 Å². The molecule has 7 aliphatic rings. The van der Waals surface area contributed by atoms with E-state index >= 15 is 0 Å². The lowest BCUT2D eigenvalue weighted by Gasteiger charge is -2.76. The molecule has 0 N–H and O–H groups in total. The Labute approximate surface area is 214 Å². The van der Waals surface area contributed by atoms with Gasteiger partial charge in [0.15, 0.2) is 11.5 Å². The smallest absolute Gasteiger partial charge is 0.308 e. The van der Waals surface area contributed by atoms with Gasteiger partial charge in [0.25, 0.3) is 0 Å². The van der Waals surface area contributed by atoms with Gasteiger partial charge in [0.1, 0.15) is 11.5 Å². The fourth-order valence-corrected chi connectivity index (χ4v) is 11.3. The number of rotatable bonds is 0. The second-order valence-electron chi connectivity index (χ2n) is 14.6. The van der Waals surface area contributed by atoms with Gasteiger partial charge in [0.2, 0.25) is 0 Å². The molecule has 196 valence electrons. The van der Waals surface area contributed by atoms with Crippen LogP contribution in [0.5, 0.6) is 0 Å². The molecule has 4 aliphatic heterocycles. The highest BCUT2D eigenvalue weighted by Gasteiger charge is 2.82. The quantitative estimate of drug-likeness (QED) is 0.455. The number of esters is 1. The van der Waals surface area contributed by atoms with Gasteiger partial charge in [-0.05, 0) is 67.8 Å². The van der Waals surface area contributed by atoms with E-state index in [9.17, 15) is 14.4 Å². The standard InChI is InChI=1S/C30H41NO5/c1-16-10-20-23(21(32)11-16)18(3)24(34)25-26(20,4)15-30-28(6,27(25,5)13-22(33)36-30)7-8-29-12-17(2)9-19(35-29)14-31(29)30/h11,17-20,23,25H,7-10,12-15H2,1-6H3/t17-,18+,19-,20+,23-,25-,26-,27-,28-,29?,30?/m0/s1. The summed E-state index contributed by atoms with van der Waals surface area (Å²) in [6.07, 6.45) is 7.43. The summed E-state index contributed by atoms with van der Waals surface area (Å²) in [4.78, 5) is 43.7. The molecule has 0 amide bonds. The highest BCUT2D eigenvalue weighted by atomic mass is 16.6. The summed E-state index contributed by atoms with van der Waals surface area (Å²) in [7, 11) is 0. The lowest BCUT2D eigenvalue weighted by Crippen LogP contribution is -2.83. The number of ketones is 2. The van der Waals surface area contributed by atoms with Gasteiger partial charge in [0.05, 0.1) is 12.5 Å². The number of fused-ring (bicyclic) bond motifs is 5. The molecule has 4 bridgehead atoms. The first kappa shape index (κ1) is 23.6. The highest BCUT2D eigenvalue weighted by Crippen LogP contribution is 2.78. The van der Waals surface area contributed by atoms with Gasteiger partial charge in [0, 0.05) is 36.1 Å². The second kappa shape index (κ2) is 6.72. The van der Waals surface area contributed by atoms with Gasteiger partial charge in [-0.3, -0.25) is 14.4 Å². The average Bonchev–Trinajstić information content (AvgIpc) is 3.04. The highest BCUT2D eigenvalue weighted by molar-refractivity contribution is 6.00. The number of allylic oxidation sites excluding steroid dienone is 2. The van der Waals surface area contributed by atoms with Crippen LogP contribution in [0.2, 0.25) is 0 Å². The van der Waals surface area contributed by atoms with Crippen LogP contribution in [0.3, 0.4) is 0 Å². The van der Waals surface area contributed by atoms with Crippen molar-refractivity contribution in [1.82, 2.24) is 4.90 Å². The SMILES string of the molecule is CC1=CC(=O)[C@@H]2[C@@H](C1)[C@]1(C)CC34OC(=O)C[C@@](C)([C@H]1C(=O)[C@@H]2C)[C@]3(C)CCC12C[C@@H](C)C[C@@H](CN14)O2. The Morgan fingerprint density at radius 2 is 1.83 bits per heavy atom. The van der Waals surface area contributed by atoms with E-state index in [2.05, 4.69) is 39.5 Å². The van der Waals surface area contributed by atoms with E-state index in [1.54, 1.807) is 6.08 Å². The van der Waals surface area contributed by atoms with Crippen molar-refractivity contribution in [2.24, 2.45) is 45.8 Å². The number of hydrogen-bond donors (Lipinski definition) is 0. The Bertz CT molecular complexity index is 1130. The van der Waals surface area contributed by atoms with Crippen LogP contribution in [0.1, 0.15) is 86.5 Å². The Balaban J connectivity index is 1.46. The Morgan fingerprint density at radius 3 is 2.58 bits per heavy atom. The van der Waals surface area contributed by atoms with Crippen molar-refractivity contribution in [3.05, 3.63) is 11.6 Å². The molecular formula is C30H41NO5. The third-order valence-electron chi connectivity index (χ3n) is 12.7. The zero-order valence-electron chi connectivity index (χ0n) is 22.7. The first-order valence-electron chi connectivity index (χ1n) is 14.2. The van der Waals surface area contributed by atoms with Crippen molar-refractivity contribution in [2.45, 2.75) is 104 Å². The number of carbonyl (C=O) groups is 3. The Morgan fingerprint density at radius 1 is 1.08 bits per heavy atom. The number of hydrogen-bond acceptors (Lipinski definition) is 6. The minimum Gasteiger partial charge on any atom is -0.443 e. The number of piperidine rings is 1. The Kier molecular flexibility index (Phi) is 4.40. The third kappa shape index (κ3) is 2.41. The molecule has 6 heteroatoms. The van der Waals surface area contributed by atoms with Gasteiger partial charge < -0.3 is 9.47 Å². The second-order valence-corrected chi connectivity index (χ2v) is 14.6. The molecule has 0 aromatic heterocycles. The first-order valence-corrected chi connectivity index (χ1v) is 14.2. The number of carbonyl (C=O) groups excluding carboxylic acids is 3. The van der Waals surface area contributed by atoms with Crippen LogP contribution >= 0.6 is 0 Å². The first-order chi connectivity index (χ1) is 16.8. The maximum Gasteiger partial charge on any atom is 0.308 e. The van der Waals surface area contributed by atoms with E-state index in [0.717, 1.165) is 44.2 Å². The summed E-state index contributed by atoms with van der Waals surface area (Å²) >= 11 is 0. The van der Waals surface area contributed by atoms with Crippen molar-refractivity contribution in [3.63, 3.8) is 0 Å². The zero-order valence-corrected chi connectivity index (χ0v) is 22.7. The summed E-state index contributed by atoms with van der Waals surface area (Å²) in [5.41, 5.74) is -1.44. The molecule has 11 atom stereocenters. The molecule has 3 aliphatic carbocycles. The van der Waals surface area contributed by atoms with E-state index < -0.39 is 22.3 Å². The van der Waals surface area contributed by atoms with Gasteiger partial charge in [-0.2, -0.15) is 0 Å².